The predicted molar refractivity (Wildman–Crippen MR) is 220 cm³/mol. The molecule has 0 radical (unpaired) electrons. The number of carboxylic acid groups (broad SMARTS) is 3. The van der Waals surface area contributed by atoms with Gasteiger partial charge in [-0.1, -0.05) is 77.8 Å². The third-order valence-electron chi connectivity index (χ3n) is 10.4. The van der Waals surface area contributed by atoms with Gasteiger partial charge < -0.3 is 45.3 Å². The van der Waals surface area contributed by atoms with Crippen molar-refractivity contribution >= 4 is 59.0 Å². The summed E-state index contributed by atoms with van der Waals surface area (Å²) in [7, 11) is 1.84. The van der Waals surface area contributed by atoms with Crippen molar-refractivity contribution in [2.45, 2.75) is 62.6 Å². The molecule has 2 aliphatic heterocycles. The molecule has 5 rings (SSSR count). The van der Waals surface area contributed by atoms with Crippen LogP contribution in [-0.4, -0.2) is 140 Å². The monoisotopic (exact) mass is 855 g/mol. The molecule has 4 amide bonds. The number of amides is 4. The van der Waals surface area contributed by atoms with E-state index in [-0.39, 0.29) is 36.3 Å². The Hall–Kier alpha value is -5.22. The van der Waals surface area contributed by atoms with Gasteiger partial charge in [0.25, 0.3) is 5.91 Å². The van der Waals surface area contributed by atoms with Crippen molar-refractivity contribution in [2.24, 2.45) is 0 Å². The predicted octanol–water partition coefficient (Wildman–Crippen LogP) is 4.90. The second kappa shape index (κ2) is 22.2. The Labute approximate surface area is 353 Å². The SMILES string of the molecule is CN(C[C@@H](CCN1CCC(N2CCCN(CC(=O)NCc3ccccc3)C2=O)CC1)c1ccc(Cl)c(Cl)c1)C(=O)c1ccccc1.O=C(O)CC(O)(CC(=O)O)C(=O)O. The van der Waals surface area contributed by atoms with Gasteiger partial charge >= 0.3 is 23.9 Å². The summed E-state index contributed by atoms with van der Waals surface area (Å²) < 4.78 is 0. The van der Waals surface area contributed by atoms with E-state index in [0.29, 0.717) is 35.2 Å². The summed E-state index contributed by atoms with van der Waals surface area (Å²) in [6.07, 6.45) is 1.21. The Bertz CT molecular complexity index is 1900. The van der Waals surface area contributed by atoms with Crippen LogP contribution in [0, 0.1) is 0 Å². The summed E-state index contributed by atoms with van der Waals surface area (Å²) in [5.74, 6) is -5.09. The molecule has 0 unspecified atom stereocenters. The number of piperidine rings is 1. The number of carbonyl (C=O) groups excluding carboxylic acids is 3. The number of carbonyl (C=O) groups is 6. The fourth-order valence-electron chi connectivity index (χ4n) is 7.17. The third-order valence-corrected chi connectivity index (χ3v) is 11.1. The molecule has 0 bridgehead atoms. The fraction of sp³-hybridized carbons (Fsp3) is 0.429. The van der Waals surface area contributed by atoms with Crippen LogP contribution in [0.2, 0.25) is 10.0 Å². The lowest BCUT2D eigenvalue weighted by Crippen LogP contribution is -2.57. The highest BCUT2D eigenvalue weighted by atomic mass is 35.5. The van der Waals surface area contributed by atoms with Gasteiger partial charge in [-0.25, -0.2) is 9.59 Å². The summed E-state index contributed by atoms with van der Waals surface area (Å²) in [5, 5.41) is 37.8. The first-order valence-electron chi connectivity index (χ1n) is 19.3. The van der Waals surface area contributed by atoms with Crippen molar-refractivity contribution in [3.05, 3.63) is 106 Å². The molecule has 0 spiro atoms. The zero-order valence-corrected chi connectivity index (χ0v) is 34.4. The molecule has 3 aromatic carbocycles. The van der Waals surface area contributed by atoms with Crippen molar-refractivity contribution in [3.63, 3.8) is 0 Å². The number of aliphatic hydroxyl groups is 1. The number of halogens is 2. The lowest BCUT2D eigenvalue weighted by molar-refractivity contribution is -0.170. The summed E-state index contributed by atoms with van der Waals surface area (Å²) in [4.78, 5) is 77.6. The lowest BCUT2D eigenvalue weighted by Gasteiger charge is -2.43. The molecule has 15 nitrogen and oxygen atoms in total. The number of likely N-dealkylation sites (N-methyl/N-ethyl adjacent to an activating group) is 1. The van der Waals surface area contributed by atoms with Crippen LogP contribution >= 0.6 is 23.2 Å². The number of hydrogen-bond donors (Lipinski definition) is 5. The summed E-state index contributed by atoms with van der Waals surface area (Å²) in [6.45, 7) is 5.06. The van der Waals surface area contributed by atoms with E-state index in [9.17, 15) is 28.8 Å². The van der Waals surface area contributed by atoms with Gasteiger partial charge in [-0.2, -0.15) is 0 Å². The Morgan fingerprint density at radius 3 is 2.03 bits per heavy atom. The first kappa shape index (κ1) is 46.5. The van der Waals surface area contributed by atoms with Gasteiger partial charge in [0, 0.05) is 63.8 Å². The zero-order valence-electron chi connectivity index (χ0n) is 32.8. The first-order chi connectivity index (χ1) is 28.1. The maximum atomic E-state index is 13.4. The number of nitrogens with one attached hydrogen (secondary N) is 1. The Morgan fingerprint density at radius 2 is 1.46 bits per heavy atom. The molecule has 2 saturated heterocycles. The molecule has 2 fully saturated rings. The van der Waals surface area contributed by atoms with E-state index < -0.39 is 36.4 Å². The highest BCUT2D eigenvalue weighted by Crippen LogP contribution is 2.30. The van der Waals surface area contributed by atoms with Crippen molar-refractivity contribution in [2.75, 3.05) is 52.9 Å². The van der Waals surface area contributed by atoms with E-state index in [0.717, 1.165) is 63.0 Å². The van der Waals surface area contributed by atoms with Gasteiger partial charge in [-0.05, 0) is 67.6 Å². The second-order valence-electron chi connectivity index (χ2n) is 14.8. The van der Waals surface area contributed by atoms with E-state index in [4.69, 9.17) is 43.6 Å². The third kappa shape index (κ3) is 14.2. The molecular weight excluding hydrogens is 805 g/mol. The van der Waals surface area contributed by atoms with E-state index in [1.165, 1.54) is 0 Å². The van der Waals surface area contributed by atoms with Crippen LogP contribution in [0.5, 0.6) is 0 Å². The average molecular weight is 857 g/mol. The van der Waals surface area contributed by atoms with E-state index in [1.807, 2.05) is 90.8 Å². The van der Waals surface area contributed by atoms with Gasteiger partial charge in [0.05, 0.1) is 22.9 Å². The molecule has 59 heavy (non-hydrogen) atoms. The molecule has 3 aromatic rings. The van der Waals surface area contributed by atoms with Gasteiger partial charge in [-0.15, -0.1) is 0 Å². The van der Waals surface area contributed by atoms with Gasteiger partial charge in [0.1, 0.15) is 6.54 Å². The van der Waals surface area contributed by atoms with Crippen molar-refractivity contribution < 1.29 is 49.2 Å². The zero-order chi connectivity index (χ0) is 43.1. The van der Waals surface area contributed by atoms with E-state index in [1.54, 1.807) is 9.80 Å². The minimum Gasteiger partial charge on any atom is -0.481 e. The minimum absolute atomic E-state index is 0.0135. The Balaban J connectivity index is 0.000000509. The first-order valence-corrected chi connectivity index (χ1v) is 20.0. The molecule has 5 N–H and O–H groups in total. The van der Waals surface area contributed by atoms with Crippen LogP contribution in [-0.2, 0) is 25.7 Å². The van der Waals surface area contributed by atoms with Crippen LogP contribution in [0.3, 0.4) is 0 Å². The number of urea groups is 1. The molecule has 17 heteroatoms. The summed E-state index contributed by atoms with van der Waals surface area (Å²) in [6, 6.07) is 25.0. The Morgan fingerprint density at radius 1 is 0.847 bits per heavy atom. The molecule has 0 aromatic heterocycles. The number of benzene rings is 3. The molecule has 2 heterocycles. The molecule has 0 saturated carbocycles. The summed E-state index contributed by atoms with van der Waals surface area (Å²) in [5.41, 5.74) is 0.0186. The number of hydrogen-bond acceptors (Lipinski definition) is 8. The van der Waals surface area contributed by atoms with Crippen LogP contribution in [0.4, 0.5) is 4.79 Å². The fourth-order valence-corrected chi connectivity index (χ4v) is 7.47. The average Bonchev–Trinajstić information content (AvgIpc) is 3.20. The van der Waals surface area contributed by atoms with Crippen LogP contribution in [0.25, 0.3) is 0 Å². The largest absolute Gasteiger partial charge is 0.481 e. The maximum Gasteiger partial charge on any atom is 0.336 e. The standard InChI is InChI=1S/C36H43Cl2N5O3.C6H8O7/c1-40(35(45)28-11-6-3-7-12-28)25-30(29-13-14-32(37)33(38)23-29)15-20-41-21-16-31(17-22-41)43-19-8-18-42(36(43)46)26-34(44)39-24-27-9-4-2-5-10-27;7-3(8)1-6(13,5(11)12)2-4(9)10/h2-7,9-14,23,30-31H,8,15-22,24-26H2,1H3,(H,39,44);13H,1-2H2,(H,7,8)(H,9,10)(H,11,12)/t30-;/m1./s1. The highest BCUT2D eigenvalue weighted by molar-refractivity contribution is 6.42. The van der Waals surface area contributed by atoms with E-state index >= 15 is 0 Å². The van der Waals surface area contributed by atoms with Crippen molar-refractivity contribution in [3.8, 4) is 0 Å². The number of likely N-dealkylation sites (tertiary alicyclic amines) is 1. The maximum absolute atomic E-state index is 13.4. The number of carboxylic acids is 3. The van der Waals surface area contributed by atoms with Crippen LogP contribution in [0.1, 0.15) is 65.9 Å². The van der Waals surface area contributed by atoms with Crippen molar-refractivity contribution in [1.82, 2.24) is 24.9 Å². The van der Waals surface area contributed by atoms with Gasteiger partial charge in [0.2, 0.25) is 5.91 Å². The number of aliphatic carboxylic acids is 3. The molecular formula is C42H51Cl2N5O10. The number of nitrogens with zero attached hydrogens (tertiary/aromatic N) is 4. The lowest BCUT2D eigenvalue weighted by atomic mass is 9.93. The smallest absolute Gasteiger partial charge is 0.336 e. The van der Waals surface area contributed by atoms with Crippen LogP contribution in [0.15, 0.2) is 78.9 Å². The summed E-state index contributed by atoms with van der Waals surface area (Å²) >= 11 is 12.6. The molecule has 2 aliphatic rings. The van der Waals surface area contributed by atoms with E-state index in [2.05, 4.69) is 10.2 Å². The highest BCUT2D eigenvalue weighted by Gasteiger charge is 2.41. The quantitative estimate of drug-likeness (QED) is 0.123. The molecule has 0 aliphatic carbocycles. The Kier molecular flexibility index (Phi) is 17.5. The second-order valence-corrected chi connectivity index (χ2v) is 15.6. The van der Waals surface area contributed by atoms with Crippen LogP contribution < -0.4 is 5.32 Å². The van der Waals surface area contributed by atoms with Gasteiger partial charge in [0.15, 0.2) is 5.60 Å². The van der Waals surface area contributed by atoms with Gasteiger partial charge in [-0.3, -0.25) is 19.2 Å². The number of rotatable bonds is 17. The molecule has 1 atom stereocenters. The topological polar surface area (TPSA) is 208 Å². The molecule has 318 valence electrons. The minimum atomic E-state index is -2.74. The van der Waals surface area contributed by atoms with Crippen molar-refractivity contribution in [1.29, 1.82) is 0 Å². The normalized spacial score (nSPS) is 15.4.